The fourth-order valence-electron chi connectivity index (χ4n) is 2.20. The van der Waals surface area contributed by atoms with Gasteiger partial charge in [-0.1, -0.05) is 18.2 Å². The standard InChI is InChI=1S/C18H20F2N2O4S/c1-12(2)22(3)27(24,25)14-8-6-7-13(11-14)17(23)21-15-9-4-5-10-16(15)26-18(19)20/h4-12,18H,1-3H3,(H,21,23). The first-order valence-electron chi connectivity index (χ1n) is 8.06. The molecule has 27 heavy (non-hydrogen) atoms. The summed E-state index contributed by atoms with van der Waals surface area (Å²) in [5.41, 5.74) is 0.121. The van der Waals surface area contributed by atoms with Gasteiger partial charge in [0.15, 0.2) is 0 Å². The van der Waals surface area contributed by atoms with E-state index in [0.717, 1.165) is 0 Å². The van der Waals surface area contributed by atoms with Gasteiger partial charge in [-0.25, -0.2) is 8.42 Å². The highest BCUT2D eigenvalue weighted by atomic mass is 32.2. The van der Waals surface area contributed by atoms with Crippen LogP contribution >= 0.6 is 0 Å². The third-order valence-electron chi connectivity index (χ3n) is 3.85. The molecule has 0 heterocycles. The zero-order valence-corrected chi connectivity index (χ0v) is 15.8. The lowest BCUT2D eigenvalue weighted by molar-refractivity contribution is -0.0493. The van der Waals surface area contributed by atoms with Crippen LogP contribution in [0.25, 0.3) is 0 Å². The highest BCUT2D eigenvalue weighted by molar-refractivity contribution is 7.89. The van der Waals surface area contributed by atoms with E-state index in [0.29, 0.717) is 0 Å². The zero-order valence-electron chi connectivity index (χ0n) is 15.0. The van der Waals surface area contributed by atoms with Gasteiger partial charge in [-0.05, 0) is 44.2 Å². The van der Waals surface area contributed by atoms with Crippen LogP contribution in [0, 0.1) is 0 Å². The fourth-order valence-corrected chi connectivity index (χ4v) is 3.62. The molecule has 0 saturated carbocycles. The van der Waals surface area contributed by atoms with Crippen LogP contribution in [0.3, 0.4) is 0 Å². The lowest BCUT2D eigenvalue weighted by Gasteiger charge is -2.21. The molecular weight excluding hydrogens is 378 g/mol. The second-order valence-corrected chi connectivity index (χ2v) is 7.97. The summed E-state index contributed by atoms with van der Waals surface area (Å²) < 4.78 is 55.7. The number of hydrogen-bond acceptors (Lipinski definition) is 4. The van der Waals surface area contributed by atoms with Crippen LogP contribution in [-0.2, 0) is 10.0 Å². The van der Waals surface area contributed by atoms with Gasteiger partial charge < -0.3 is 10.1 Å². The van der Waals surface area contributed by atoms with Crippen molar-refractivity contribution in [3.8, 4) is 5.75 Å². The van der Waals surface area contributed by atoms with Crippen molar-refractivity contribution in [3.05, 3.63) is 54.1 Å². The summed E-state index contributed by atoms with van der Waals surface area (Å²) in [5.74, 6) is -0.839. The Labute approximate surface area is 156 Å². The lowest BCUT2D eigenvalue weighted by Crippen LogP contribution is -2.33. The van der Waals surface area contributed by atoms with E-state index in [2.05, 4.69) is 10.1 Å². The number of alkyl halides is 2. The molecule has 0 fully saturated rings. The average Bonchev–Trinajstić information content (AvgIpc) is 2.62. The highest BCUT2D eigenvalue weighted by Gasteiger charge is 2.24. The first-order valence-corrected chi connectivity index (χ1v) is 9.50. The van der Waals surface area contributed by atoms with Gasteiger partial charge in [0.25, 0.3) is 5.91 Å². The molecule has 2 aromatic carbocycles. The molecule has 0 unspecified atom stereocenters. The number of ether oxygens (including phenoxy) is 1. The number of carbonyl (C=O) groups excluding carboxylic acids is 1. The Balaban J connectivity index is 2.29. The molecule has 0 aliphatic rings. The molecule has 9 heteroatoms. The van der Waals surface area contributed by atoms with Crippen molar-refractivity contribution in [3.63, 3.8) is 0 Å². The summed E-state index contributed by atoms with van der Waals surface area (Å²) in [7, 11) is -2.31. The number of hydrogen-bond donors (Lipinski definition) is 1. The predicted octanol–water partition coefficient (Wildman–Crippen LogP) is 3.57. The summed E-state index contributed by atoms with van der Waals surface area (Å²) in [6, 6.07) is 11.0. The van der Waals surface area contributed by atoms with Crippen LogP contribution in [0.4, 0.5) is 14.5 Å². The fraction of sp³-hybridized carbons (Fsp3) is 0.278. The van der Waals surface area contributed by atoms with Crippen LogP contribution < -0.4 is 10.1 Å². The molecule has 0 aliphatic heterocycles. The molecule has 2 rings (SSSR count). The number of halogens is 2. The number of amides is 1. The molecule has 146 valence electrons. The number of carbonyl (C=O) groups is 1. The maximum atomic E-state index is 12.6. The average molecular weight is 398 g/mol. The number of para-hydroxylation sites is 2. The maximum absolute atomic E-state index is 12.6. The van der Waals surface area contributed by atoms with Gasteiger partial charge >= 0.3 is 6.61 Å². The van der Waals surface area contributed by atoms with Crippen molar-refractivity contribution in [1.82, 2.24) is 4.31 Å². The lowest BCUT2D eigenvalue weighted by atomic mass is 10.2. The zero-order chi connectivity index (χ0) is 20.2. The molecule has 0 atom stereocenters. The van der Waals surface area contributed by atoms with Gasteiger partial charge in [0.2, 0.25) is 10.0 Å². The van der Waals surface area contributed by atoms with E-state index in [4.69, 9.17) is 0 Å². The summed E-state index contributed by atoms with van der Waals surface area (Å²) in [4.78, 5) is 12.4. The minimum absolute atomic E-state index is 0.0385. The summed E-state index contributed by atoms with van der Waals surface area (Å²) >= 11 is 0. The minimum Gasteiger partial charge on any atom is -0.433 e. The van der Waals surface area contributed by atoms with E-state index in [9.17, 15) is 22.0 Å². The van der Waals surface area contributed by atoms with Crippen LogP contribution in [0.15, 0.2) is 53.4 Å². The molecule has 0 saturated heterocycles. The number of benzene rings is 2. The Morgan fingerprint density at radius 3 is 2.41 bits per heavy atom. The van der Waals surface area contributed by atoms with E-state index < -0.39 is 22.5 Å². The second kappa shape index (κ2) is 8.45. The van der Waals surface area contributed by atoms with Gasteiger partial charge in [0, 0.05) is 18.7 Å². The minimum atomic E-state index is -3.76. The van der Waals surface area contributed by atoms with E-state index in [1.165, 1.54) is 53.8 Å². The van der Waals surface area contributed by atoms with Crippen molar-refractivity contribution in [1.29, 1.82) is 0 Å². The summed E-state index contributed by atoms with van der Waals surface area (Å²) in [6.45, 7) is 0.422. The quantitative estimate of drug-likeness (QED) is 0.774. The van der Waals surface area contributed by atoms with E-state index in [1.54, 1.807) is 19.9 Å². The Morgan fingerprint density at radius 2 is 1.78 bits per heavy atom. The smallest absolute Gasteiger partial charge is 0.387 e. The molecule has 0 spiro atoms. The van der Waals surface area contributed by atoms with Crippen molar-refractivity contribution in [2.45, 2.75) is 31.4 Å². The van der Waals surface area contributed by atoms with Crippen molar-refractivity contribution in [2.75, 3.05) is 12.4 Å². The number of anilines is 1. The molecule has 0 bridgehead atoms. The van der Waals surface area contributed by atoms with Crippen LogP contribution in [0.2, 0.25) is 0 Å². The maximum Gasteiger partial charge on any atom is 0.387 e. The first kappa shape index (κ1) is 20.8. The van der Waals surface area contributed by atoms with Crippen molar-refractivity contribution < 1.29 is 26.7 Å². The molecule has 0 radical (unpaired) electrons. The number of sulfonamides is 1. The Kier molecular flexibility index (Phi) is 6.50. The second-order valence-electron chi connectivity index (χ2n) is 5.97. The first-order chi connectivity index (χ1) is 12.6. The topological polar surface area (TPSA) is 75.7 Å². The molecule has 0 aliphatic carbocycles. The van der Waals surface area contributed by atoms with E-state index in [1.807, 2.05) is 0 Å². The van der Waals surface area contributed by atoms with E-state index >= 15 is 0 Å². The normalized spacial score (nSPS) is 11.9. The van der Waals surface area contributed by atoms with Gasteiger partial charge in [-0.3, -0.25) is 4.79 Å². The van der Waals surface area contributed by atoms with Gasteiger partial charge in [-0.15, -0.1) is 0 Å². The Hall–Kier alpha value is -2.52. The van der Waals surface area contributed by atoms with Crippen molar-refractivity contribution in [2.24, 2.45) is 0 Å². The third kappa shape index (κ3) is 5.01. The number of nitrogens with zero attached hydrogens (tertiary/aromatic N) is 1. The molecular formula is C18H20F2N2O4S. The van der Waals surface area contributed by atoms with Gasteiger partial charge in [-0.2, -0.15) is 13.1 Å². The largest absolute Gasteiger partial charge is 0.433 e. The van der Waals surface area contributed by atoms with Crippen LogP contribution in [0.1, 0.15) is 24.2 Å². The van der Waals surface area contributed by atoms with Crippen molar-refractivity contribution >= 4 is 21.6 Å². The SMILES string of the molecule is CC(C)N(C)S(=O)(=O)c1cccc(C(=O)Nc2ccccc2OC(F)F)c1. The Morgan fingerprint density at radius 1 is 1.11 bits per heavy atom. The predicted molar refractivity (Wildman–Crippen MR) is 97.6 cm³/mol. The van der Waals surface area contributed by atoms with Crippen LogP contribution in [0.5, 0.6) is 5.75 Å². The molecule has 6 nitrogen and oxygen atoms in total. The monoisotopic (exact) mass is 398 g/mol. The Bertz CT molecular complexity index is 917. The molecule has 2 aromatic rings. The van der Waals surface area contributed by atoms with Gasteiger partial charge in [0.1, 0.15) is 5.75 Å². The van der Waals surface area contributed by atoms with E-state index in [-0.39, 0.29) is 27.9 Å². The molecule has 0 aromatic heterocycles. The number of nitrogens with one attached hydrogen (secondary N) is 1. The van der Waals surface area contributed by atoms with Crippen LogP contribution in [-0.4, -0.2) is 38.3 Å². The number of rotatable bonds is 7. The summed E-state index contributed by atoms with van der Waals surface area (Å²) in [5, 5.41) is 2.46. The molecule has 1 N–H and O–H groups in total. The van der Waals surface area contributed by atoms with Gasteiger partial charge in [0.05, 0.1) is 10.6 Å². The molecule has 1 amide bonds. The summed E-state index contributed by atoms with van der Waals surface area (Å²) in [6.07, 6.45) is 0. The highest BCUT2D eigenvalue weighted by Crippen LogP contribution is 2.26. The third-order valence-corrected chi connectivity index (χ3v) is 5.88.